The fourth-order valence-corrected chi connectivity index (χ4v) is 3.39. The number of H-pyrrole nitrogens is 1. The van der Waals surface area contributed by atoms with Gasteiger partial charge >= 0.3 is 0 Å². The van der Waals surface area contributed by atoms with Crippen LogP contribution in [0.5, 0.6) is 0 Å². The van der Waals surface area contributed by atoms with Crippen LogP contribution in [0.1, 0.15) is 31.3 Å². The first-order valence-electron chi connectivity index (χ1n) is 7.53. The van der Waals surface area contributed by atoms with Crippen molar-refractivity contribution in [3.8, 4) is 5.69 Å². The second kappa shape index (κ2) is 5.16. The minimum Gasteiger partial charge on any atom is -0.280 e. The summed E-state index contributed by atoms with van der Waals surface area (Å²) < 4.78 is 3.12. The van der Waals surface area contributed by atoms with E-state index < -0.39 is 0 Å². The van der Waals surface area contributed by atoms with E-state index in [-0.39, 0.29) is 0 Å². The highest BCUT2D eigenvalue weighted by Crippen LogP contribution is 2.30. The summed E-state index contributed by atoms with van der Waals surface area (Å²) in [4.78, 5) is 9.50. The van der Waals surface area contributed by atoms with E-state index in [0.29, 0.717) is 5.92 Å². The van der Waals surface area contributed by atoms with Crippen molar-refractivity contribution in [2.24, 2.45) is 0 Å². The number of nitrogens with one attached hydrogen (secondary N) is 1. The van der Waals surface area contributed by atoms with Gasteiger partial charge in [0.1, 0.15) is 11.3 Å². The molecule has 1 aromatic carbocycles. The van der Waals surface area contributed by atoms with E-state index in [1.807, 2.05) is 25.3 Å². The fourth-order valence-electron chi connectivity index (χ4n) is 2.84. The molecule has 4 aromatic rings. The van der Waals surface area contributed by atoms with Crippen LogP contribution in [0.4, 0.5) is 0 Å². The Hall–Kier alpha value is -2.21. The second-order valence-corrected chi connectivity index (χ2v) is 6.87. The zero-order valence-electron chi connectivity index (χ0n) is 13.1. The van der Waals surface area contributed by atoms with Crippen molar-refractivity contribution < 1.29 is 0 Å². The van der Waals surface area contributed by atoms with Crippen LogP contribution in [0.25, 0.3) is 27.8 Å². The van der Waals surface area contributed by atoms with Crippen molar-refractivity contribution in [1.29, 1.82) is 0 Å². The highest BCUT2D eigenvalue weighted by molar-refractivity contribution is 9.10. The molecule has 6 heteroatoms. The predicted octanol–water partition coefficient (Wildman–Crippen LogP) is 4.49. The summed E-state index contributed by atoms with van der Waals surface area (Å²) in [6.45, 7) is 6.30. The summed E-state index contributed by atoms with van der Waals surface area (Å²) in [5.74, 6) is 1.30. The maximum absolute atomic E-state index is 4.79. The van der Waals surface area contributed by atoms with Gasteiger partial charge in [0, 0.05) is 21.5 Å². The van der Waals surface area contributed by atoms with E-state index in [4.69, 9.17) is 9.97 Å². The Balaban J connectivity index is 2.09. The van der Waals surface area contributed by atoms with Gasteiger partial charge in [-0.3, -0.25) is 9.67 Å². The topological polar surface area (TPSA) is 59.4 Å². The summed E-state index contributed by atoms with van der Waals surface area (Å²) in [6, 6.07) is 8.22. The van der Waals surface area contributed by atoms with E-state index in [9.17, 15) is 0 Å². The smallest absolute Gasteiger partial charge is 0.164 e. The number of aromatic nitrogens is 5. The largest absolute Gasteiger partial charge is 0.280 e. The van der Waals surface area contributed by atoms with Gasteiger partial charge in [0.2, 0.25) is 0 Å². The molecule has 0 unspecified atom stereocenters. The van der Waals surface area contributed by atoms with Crippen molar-refractivity contribution in [2.75, 3.05) is 0 Å². The number of hydrogen-bond donors (Lipinski definition) is 1. The van der Waals surface area contributed by atoms with Gasteiger partial charge < -0.3 is 0 Å². The van der Waals surface area contributed by atoms with E-state index in [1.165, 1.54) is 0 Å². The molecule has 1 N–H and O–H groups in total. The maximum atomic E-state index is 4.79. The van der Waals surface area contributed by atoms with Crippen LogP contribution >= 0.6 is 15.9 Å². The molecular formula is C17H16BrN5. The lowest BCUT2D eigenvalue weighted by Gasteiger charge is -2.12. The molecule has 0 fully saturated rings. The molecule has 3 aromatic heterocycles. The molecule has 4 rings (SSSR count). The Labute approximate surface area is 141 Å². The van der Waals surface area contributed by atoms with E-state index in [2.05, 4.69) is 56.7 Å². The molecule has 0 atom stereocenters. The second-order valence-electron chi connectivity index (χ2n) is 6.02. The lowest BCUT2D eigenvalue weighted by Crippen LogP contribution is -2.04. The summed E-state index contributed by atoms with van der Waals surface area (Å²) in [6.07, 6.45) is 1.83. The molecule has 0 saturated carbocycles. The third-order valence-corrected chi connectivity index (χ3v) is 4.56. The maximum Gasteiger partial charge on any atom is 0.164 e. The Morgan fingerprint density at radius 1 is 1.17 bits per heavy atom. The number of pyridine rings is 1. The van der Waals surface area contributed by atoms with Crippen molar-refractivity contribution >= 4 is 38.0 Å². The molecule has 0 saturated heterocycles. The summed E-state index contributed by atoms with van der Waals surface area (Å²) in [5, 5.41) is 8.18. The number of benzene rings is 1. The number of halogens is 1. The normalized spacial score (nSPS) is 11.9. The van der Waals surface area contributed by atoms with Crippen LogP contribution < -0.4 is 0 Å². The Kier molecular flexibility index (Phi) is 3.23. The van der Waals surface area contributed by atoms with Gasteiger partial charge in [-0.1, -0.05) is 13.8 Å². The van der Waals surface area contributed by atoms with Gasteiger partial charge in [0.15, 0.2) is 5.65 Å². The molecule has 116 valence electrons. The molecule has 0 spiro atoms. The number of hydrogen-bond acceptors (Lipinski definition) is 3. The van der Waals surface area contributed by atoms with Crippen molar-refractivity contribution in [3.05, 3.63) is 46.5 Å². The number of aryl methyl sites for hydroxylation is 1. The van der Waals surface area contributed by atoms with Crippen LogP contribution in [0, 0.1) is 6.92 Å². The number of fused-ring (bicyclic) bond motifs is 2. The highest BCUT2D eigenvalue weighted by Gasteiger charge is 2.17. The van der Waals surface area contributed by atoms with Gasteiger partial charge in [-0.15, -0.1) is 0 Å². The zero-order chi connectivity index (χ0) is 16.1. The standard InChI is InChI=1S/C17H16BrN5/c1-9(2)16-21-14-5-4-10(3)20-17(14)23(16)12-6-11-8-19-22-15(11)13(18)7-12/h4-9H,1-3H3,(H,19,22). The Morgan fingerprint density at radius 2 is 2.00 bits per heavy atom. The molecule has 3 heterocycles. The van der Waals surface area contributed by atoms with Crippen LogP contribution in [-0.4, -0.2) is 24.7 Å². The first-order valence-corrected chi connectivity index (χ1v) is 8.33. The van der Waals surface area contributed by atoms with Gasteiger partial charge in [0.25, 0.3) is 0 Å². The molecular weight excluding hydrogens is 354 g/mol. The molecule has 5 nitrogen and oxygen atoms in total. The lowest BCUT2D eigenvalue weighted by atomic mass is 10.2. The van der Waals surface area contributed by atoms with Crippen molar-refractivity contribution in [2.45, 2.75) is 26.7 Å². The molecule has 0 aliphatic heterocycles. The number of aromatic amines is 1. The van der Waals surface area contributed by atoms with Gasteiger partial charge in [-0.05, 0) is 47.1 Å². The number of imidazole rings is 1. The van der Waals surface area contributed by atoms with Crippen LogP contribution in [0.2, 0.25) is 0 Å². The number of nitrogens with zero attached hydrogens (tertiary/aromatic N) is 4. The fraction of sp³-hybridized carbons (Fsp3) is 0.235. The third kappa shape index (κ3) is 2.25. The van der Waals surface area contributed by atoms with Gasteiger partial charge in [-0.2, -0.15) is 5.10 Å². The molecule has 0 bridgehead atoms. The molecule has 0 aliphatic carbocycles. The van der Waals surface area contributed by atoms with Crippen LogP contribution in [0.3, 0.4) is 0 Å². The Bertz CT molecular complexity index is 1030. The van der Waals surface area contributed by atoms with Gasteiger partial charge in [0.05, 0.1) is 17.4 Å². The summed E-state index contributed by atoms with van der Waals surface area (Å²) in [5.41, 5.74) is 4.83. The molecule has 23 heavy (non-hydrogen) atoms. The van der Waals surface area contributed by atoms with E-state index >= 15 is 0 Å². The molecule has 0 radical (unpaired) electrons. The first-order chi connectivity index (χ1) is 11.0. The van der Waals surface area contributed by atoms with Crippen LogP contribution in [-0.2, 0) is 0 Å². The monoisotopic (exact) mass is 369 g/mol. The lowest BCUT2D eigenvalue weighted by molar-refractivity contribution is 0.757. The van der Waals surface area contributed by atoms with Crippen molar-refractivity contribution in [1.82, 2.24) is 24.7 Å². The highest BCUT2D eigenvalue weighted by atomic mass is 79.9. The minimum atomic E-state index is 0.295. The molecule has 0 aliphatic rings. The predicted molar refractivity (Wildman–Crippen MR) is 95.0 cm³/mol. The van der Waals surface area contributed by atoms with E-state index in [1.54, 1.807) is 0 Å². The number of rotatable bonds is 2. The average Bonchev–Trinajstić information content (AvgIpc) is 3.10. The third-order valence-electron chi connectivity index (χ3n) is 3.93. The Morgan fingerprint density at radius 3 is 2.78 bits per heavy atom. The SMILES string of the molecule is Cc1ccc2nc(C(C)C)n(-c3cc(Br)c4[nH]ncc4c3)c2n1. The minimum absolute atomic E-state index is 0.295. The van der Waals surface area contributed by atoms with Crippen LogP contribution in [0.15, 0.2) is 34.9 Å². The zero-order valence-corrected chi connectivity index (χ0v) is 14.7. The van der Waals surface area contributed by atoms with Gasteiger partial charge in [-0.25, -0.2) is 9.97 Å². The average molecular weight is 370 g/mol. The summed E-state index contributed by atoms with van der Waals surface area (Å²) >= 11 is 3.63. The summed E-state index contributed by atoms with van der Waals surface area (Å²) in [7, 11) is 0. The quantitative estimate of drug-likeness (QED) is 0.566. The van der Waals surface area contributed by atoms with Crippen molar-refractivity contribution in [3.63, 3.8) is 0 Å². The van der Waals surface area contributed by atoms with E-state index in [0.717, 1.165) is 43.7 Å². The first kappa shape index (κ1) is 14.4. The molecule has 0 amide bonds.